The summed E-state index contributed by atoms with van der Waals surface area (Å²) >= 11 is 0. The lowest BCUT2D eigenvalue weighted by Gasteiger charge is -2.32. The number of nitrogens with one attached hydrogen (secondary N) is 1. The average Bonchev–Trinajstić information content (AvgIpc) is 3.23. The number of likely N-dealkylation sites (tertiary alicyclic amines) is 1. The molecule has 32 heavy (non-hydrogen) atoms. The van der Waals surface area contributed by atoms with Crippen molar-refractivity contribution >= 4 is 33.6 Å². The smallest absolute Gasteiger partial charge is 0.251 e. The first-order valence-electron chi connectivity index (χ1n) is 11.1. The van der Waals surface area contributed by atoms with Gasteiger partial charge in [0.25, 0.3) is 5.91 Å². The van der Waals surface area contributed by atoms with Gasteiger partial charge in [0, 0.05) is 35.6 Å². The molecule has 1 aliphatic rings. The number of hydrogen-bond acceptors (Lipinski definition) is 3. The van der Waals surface area contributed by atoms with E-state index >= 15 is 0 Å². The fourth-order valence-electron chi connectivity index (χ4n) is 4.64. The summed E-state index contributed by atoms with van der Waals surface area (Å²) in [5, 5.41) is 6.41. The van der Waals surface area contributed by atoms with Crippen LogP contribution >= 0.6 is 0 Å². The van der Waals surface area contributed by atoms with Crippen molar-refractivity contribution in [2.45, 2.75) is 32.2 Å². The third-order valence-electron chi connectivity index (χ3n) is 6.45. The Morgan fingerprint density at radius 3 is 2.56 bits per heavy atom. The standard InChI is InChI=1S/C27H26N2O3/c1-18-6-2-4-8-22(18)27(31)28-21-12-14-29(15-13-21)25(30)16-20-17-32-24-11-10-19-7-3-5-9-23(19)26(20)24/h2-11,17,21H,12-16H2,1H3,(H,28,31). The normalized spacial score (nSPS) is 14.7. The van der Waals surface area contributed by atoms with Crippen LogP contribution in [0, 0.1) is 6.92 Å². The first-order chi connectivity index (χ1) is 15.6. The van der Waals surface area contributed by atoms with E-state index < -0.39 is 0 Å². The van der Waals surface area contributed by atoms with Gasteiger partial charge in [-0.3, -0.25) is 9.59 Å². The molecule has 3 aromatic carbocycles. The van der Waals surface area contributed by atoms with E-state index in [9.17, 15) is 9.59 Å². The number of fused-ring (bicyclic) bond motifs is 3. The molecule has 2 amide bonds. The number of benzene rings is 3. The molecule has 0 atom stereocenters. The number of rotatable bonds is 4. The number of furan rings is 1. The van der Waals surface area contributed by atoms with Crippen LogP contribution in [0.1, 0.15) is 34.3 Å². The van der Waals surface area contributed by atoms with E-state index in [0.29, 0.717) is 25.1 Å². The van der Waals surface area contributed by atoms with E-state index in [4.69, 9.17) is 4.42 Å². The van der Waals surface area contributed by atoms with E-state index in [-0.39, 0.29) is 17.9 Å². The van der Waals surface area contributed by atoms with E-state index in [2.05, 4.69) is 17.4 Å². The minimum Gasteiger partial charge on any atom is -0.464 e. The van der Waals surface area contributed by atoms with Gasteiger partial charge < -0.3 is 14.6 Å². The second kappa shape index (κ2) is 8.50. The summed E-state index contributed by atoms with van der Waals surface area (Å²) in [5.41, 5.74) is 3.42. The lowest BCUT2D eigenvalue weighted by Crippen LogP contribution is -2.47. The summed E-state index contributed by atoms with van der Waals surface area (Å²) in [5.74, 6) is 0.0638. The number of piperidine rings is 1. The number of carbonyl (C=O) groups excluding carboxylic acids is 2. The number of nitrogens with zero attached hydrogens (tertiary/aromatic N) is 1. The second-order valence-electron chi connectivity index (χ2n) is 8.54. The summed E-state index contributed by atoms with van der Waals surface area (Å²) in [6.45, 7) is 3.24. The third kappa shape index (κ3) is 3.86. The summed E-state index contributed by atoms with van der Waals surface area (Å²) < 4.78 is 5.74. The van der Waals surface area contributed by atoms with Crippen molar-refractivity contribution in [1.29, 1.82) is 0 Å². The zero-order valence-corrected chi connectivity index (χ0v) is 18.1. The Labute approximate surface area is 187 Å². The predicted octanol–water partition coefficient (Wildman–Crippen LogP) is 4.86. The van der Waals surface area contributed by atoms with Gasteiger partial charge in [-0.25, -0.2) is 0 Å². The zero-order valence-electron chi connectivity index (χ0n) is 18.1. The van der Waals surface area contributed by atoms with E-state index in [0.717, 1.165) is 45.7 Å². The summed E-state index contributed by atoms with van der Waals surface area (Å²) in [6.07, 6.45) is 3.56. The van der Waals surface area contributed by atoms with Gasteiger partial charge >= 0.3 is 0 Å². The molecule has 0 radical (unpaired) electrons. The number of carbonyl (C=O) groups is 2. The molecule has 4 aromatic rings. The quantitative estimate of drug-likeness (QED) is 0.507. The van der Waals surface area contributed by atoms with Crippen molar-refractivity contribution in [3.05, 3.63) is 83.6 Å². The number of hydrogen-bond donors (Lipinski definition) is 1. The maximum atomic E-state index is 13.0. The molecular formula is C27H26N2O3. The Morgan fingerprint density at radius 2 is 1.75 bits per heavy atom. The van der Waals surface area contributed by atoms with E-state index in [1.54, 1.807) is 6.26 Å². The van der Waals surface area contributed by atoms with Gasteiger partial charge in [-0.1, -0.05) is 48.5 Å². The molecule has 5 heteroatoms. The Hall–Kier alpha value is -3.60. The van der Waals surface area contributed by atoms with Crippen LogP contribution in [0.3, 0.4) is 0 Å². The van der Waals surface area contributed by atoms with Crippen LogP contribution in [0.4, 0.5) is 0 Å². The van der Waals surface area contributed by atoms with Gasteiger partial charge in [0.2, 0.25) is 5.91 Å². The monoisotopic (exact) mass is 426 g/mol. The first-order valence-corrected chi connectivity index (χ1v) is 11.1. The molecule has 1 fully saturated rings. The highest BCUT2D eigenvalue weighted by molar-refractivity contribution is 6.08. The highest BCUT2D eigenvalue weighted by Crippen LogP contribution is 2.30. The first kappa shape index (κ1) is 20.3. The zero-order chi connectivity index (χ0) is 22.1. The molecule has 0 spiro atoms. The molecule has 1 aliphatic heterocycles. The Balaban J connectivity index is 1.23. The molecule has 2 heterocycles. The Kier molecular flexibility index (Phi) is 5.39. The van der Waals surface area contributed by atoms with Crippen LogP contribution in [0.25, 0.3) is 21.7 Å². The molecule has 1 saturated heterocycles. The van der Waals surface area contributed by atoms with Gasteiger partial charge in [0.05, 0.1) is 12.7 Å². The molecule has 162 valence electrons. The minimum absolute atomic E-state index is 0.0374. The fraction of sp³-hybridized carbons (Fsp3) is 0.259. The van der Waals surface area contributed by atoms with Crippen LogP contribution < -0.4 is 5.32 Å². The van der Waals surface area contributed by atoms with Gasteiger partial charge in [0.15, 0.2) is 0 Å². The molecule has 1 N–H and O–H groups in total. The summed E-state index contributed by atoms with van der Waals surface area (Å²) in [6, 6.07) is 19.9. The molecule has 5 rings (SSSR count). The maximum absolute atomic E-state index is 13.0. The van der Waals surface area contributed by atoms with E-state index in [1.807, 2.05) is 60.4 Å². The summed E-state index contributed by atoms with van der Waals surface area (Å²) in [7, 11) is 0. The van der Waals surface area contributed by atoms with Crippen molar-refractivity contribution in [3.8, 4) is 0 Å². The Morgan fingerprint density at radius 1 is 1.00 bits per heavy atom. The Bertz CT molecular complexity index is 1300. The van der Waals surface area contributed by atoms with Crippen molar-refractivity contribution in [1.82, 2.24) is 10.2 Å². The maximum Gasteiger partial charge on any atom is 0.251 e. The van der Waals surface area contributed by atoms with Crippen LogP contribution in [0.5, 0.6) is 0 Å². The predicted molar refractivity (Wildman–Crippen MR) is 126 cm³/mol. The third-order valence-corrected chi connectivity index (χ3v) is 6.45. The lowest BCUT2D eigenvalue weighted by atomic mass is 10.0. The van der Waals surface area contributed by atoms with Crippen molar-refractivity contribution in [3.63, 3.8) is 0 Å². The van der Waals surface area contributed by atoms with Gasteiger partial charge in [-0.15, -0.1) is 0 Å². The van der Waals surface area contributed by atoms with Crippen molar-refractivity contribution in [2.24, 2.45) is 0 Å². The molecule has 0 saturated carbocycles. The fourth-order valence-corrected chi connectivity index (χ4v) is 4.64. The van der Waals surface area contributed by atoms with Crippen molar-refractivity contribution < 1.29 is 14.0 Å². The SMILES string of the molecule is Cc1ccccc1C(=O)NC1CCN(C(=O)Cc2coc3ccc4ccccc4c23)CC1. The molecule has 5 nitrogen and oxygen atoms in total. The van der Waals surface area contributed by atoms with Crippen LogP contribution in [0.2, 0.25) is 0 Å². The van der Waals surface area contributed by atoms with Crippen molar-refractivity contribution in [2.75, 3.05) is 13.1 Å². The average molecular weight is 427 g/mol. The van der Waals surface area contributed by atoms with Crippen LogP contribution in [-0.2, 0) is 11.2 Å². The van der Waals surface area contributed by atoms with Crippen LogP contribution in [-0.4, -0.2) is 35.8 Å². The molecular weight excluding hydrogens is 400 g/mol. The largest absolute Gasteiger partial charge is 0.464 e. The van der Waals surface area contributed by atoms with Gasteiger partial charge in [-0.2, -0.15) is 0 Å². The molecule has 0 unspecified atom stereocenters. The highest BCUT2D eigenvalue weighted by Gasteiger charge is 2.25. The van der Waals surface area contributed by atoms with Gasteiger partial charge in [0.1, 0.15) is 5.58 Å². The number of amides is 2. The molecule has 0 aliphatic carbocycles. The summed E-state index contributed by atoms with van der Waals surface area (Å²) in [4.78, 5) is 27.5. The number of aryl methyl sites for hydroxylation is 1. The lowest BCUT2D eigenvalue weighted by molar-refractivity contribution is -0.131. The minimum atomic E-state index is -0.0374. The van der Waals surface area contributed by atoms with Gasteiger partial charge in [-0.05, 0) is 48.2 Å². The highest BCUT2D eigenvalue weighted by atomic mass is 16.3. The molecule has 1 aromatic heterocycles. The topological polar surface area (TPSA) is 62.6 Å². The van der Waals surface area contributed by atoms with Crippen LogP contribution in [0.15, 0.2) is 71.3 Å². The molecule has 0 bridgehead atoms. The second-order valence-corrected chi connectivity index (χ2v) is 8.54. The van der Waals surface area contributed by atoms with E-state index in [1.165, 1.54) is 0 Å².